The van der Waals surface area contributed by atoms with Gasteiger partial charge >= 0.3 is 11.9 Å². The highest BCUT2D eigenvalue weighted by Crippen LogP contribution is 2.14. The Balaban J connectivity index is 3.41. The average Bonchev–Trinajstić information content (AvgIpc) is 3.08. The second kappa shape index (κ2) is 39.0. The van der Waals surface area contributed by atoms with Crippen molar-refractivity contribution >= 4 is 23.7 Å². The third kappa shape index (κ3) is 38.0. The summed E-state index contributed by atoms with van der Waals surface area (Å²) in [6.45, 7) is 9.72. The van der Waals surface area contributed by atoms with E-state index in [1.54, 1.807) is 0 Å². The third-order valence-corrected chi connectivity index (χ3v) is 10.4. The second-order valence-corrected chi connectivity index (χ2v) is 15.5. The first-order valence-electron chi connectivity index (χ1n) is 20.8. The van der Waals surface area contributed by atoms with E-state index >= 15 is 0 Å². The smallest absolute Gasteiger partial charge is 0.305 e. The van der Waals surface area contributed by atoms with Crippen LogP contribution in [-0.4, -0.2) is 86.7 Å². The lowest BCUT2D eigenvalue weighted by molar-refractivity contribution is -0.144. The SMILES string of the molecule is CCCCCCCCCCCCCC(=O)OCCCN(C)CCCSCCN(C)CCCOC(=O)CCCCCCCCCCCCC. The Morgan fingerprint density at radius 3 is 1.15 bits per heavy atom. The van der Waals surface area contributed by atoms with Crippen LogP contribution in [0.15, 0.2) is 0 Å². The molecule has 286 valence electrons. The minimum Gasteiger partial charge on any atom is -0.466 e. The minimum atomic E-state index is -0.0232. The van der Waals surface area contributed by atoms with E-state index < -0.39 is 0 Å². The Kier molecular flexibility index (Phi) is 38.4. The van der Waals surface area contributed by atoms with Crippen molar-refractivity contribution in [1.29, 1.82) is 0 Å². The van der Waals surface area contributed by atoms with Gasteiger partial charge in [-0.25, -0.2) is 0 Å². The van der Waals surface area contributed by atoms with E-state index in [9.17, 15) is 9.59 Å². The summed E-state index contributed by atoms with van der Waals surface area (Å²) in [6.07, 6.45) is 32.7. The third-order valence-electron chi connectivity index (χ3n) is 9.31. The summed E-state index contributed by atoms with van der Waals surface area (Å²) in [5, 5.41) is 0. The molecule has 0 amide bonds. The first kappa shape index (κ1) is 47.2. The van der Waals surface area contributed by atoms with Gasteiger partial charge in [0.05, 0.1) is 13.2 Å². The Hall–Kier alpha value is -0.790. The topological polar surface area (TPSA) is 59.1 Å². The van der Waals surface area contributed by atoms with Crippen molar-refractivity contribution in [3.63, 3.8) is 0 Å². The molecule has 0 atom stereocenters. The van der Waals surface area contributed by atoms with Crippen LogP contribution in [0.1, 0.15) is 187 Å². The van der Waals surface area contributed by atoms with Gasteiger partial charge < -0.3 is 19.3 Å². The van der Waals surface area contributed by atoms with Crippen molar-refractivity contribution in [2.24, 2.45) is 0 Å². The molecule has 0 bridgehead atoms. The van der Waals surface area contributed by atoms with Crippen molar-refractivity contribution in [2.45, 2.75) is 187 Å². The van der Waals surface area contributed by atoms with E-state index in [0.29, 0.717) is 26.1 Å². The number of rotatable bonds is 39. The Morgan fingerprint density at radius 2 is 0.750 bits per heavy atom. The monoisotopic (exact) mass is 699 g/mol. The predicted molar refractivity (Wildman–Crippen MR) is 210 cm³/mol. The van der Waals surface area contributed by atoms with Gasteiger partial charge in [0.25, 0.3) is 0 Å². The lowest BCUT2D eigenvalue weighted by Crippen LogP contribution is -2.24. The molecule has 0 saturated carbocycles. The maximum atomic E-state index is 12.0. The molecular formula is C41H82N2O4S. The largest absolute Gasteiger partial charge is 0.466 e. The number of nitrogens with zero attached hydrogens (tertiary/aromatic N) is 2. The van der Waals surface area contributed by atoms with Gasteiger partial charge in [0.1, 0.15) is 0 Å². The Labute approximate surface area is 304 Å². The molecule has 0 aliphatic rings. The molecule has 0 aliphatic carbocycles. The number of unbranched alkanes of at least 4 members (excludes halogenated alkanes) is 20. The number of carbonyl (C=O) groups excluding carboxylic acids is 2. The van der Waals surface area contributed by atoms with Crippen molar-refractivity contribution in [1.82, 2.24) is 9.80 Å². The highest BCUT2D eigenvalue weighted by molar-refractivity contribution is 7.99. The summed E-state index contributed by atoms with van der Waals surface area (Å²) >= 11 is 2.02. The van der Waals surface area contributed by atoms with Crippen LogP contribution in [0, 0.1) is 0 Å². The van der Waals surface area contributed by atoms with Gasteiger partial charge in [-0.15, -0.1) is 0 Å². The molecule has 0 fully saturated rings. The zero-order chi connectivity index (χ0) is 35.2. The molecule has 0 radical (unpaired) electrons. The van der Waals surface area contributed by atoms with E-state index in [1.807, 2.05) is 11.8 Å². The maximum Gasteiger partial charge on any atom is 0.305 e. The molecule has 0 aromatic heterocycles. The fourth-order valence-corrected chi connectivity index (χ4v) is 7.01. The number of hydrogen-bond acceptors (Lipinski definition) is 7. The molecule has 0 spiro atoms. The number of carbonyl (C=O) groups is 2. The Morgan fingerprint density at radius 1 is 0.417 bits per heavy atom. The van der Waals surface area contributed by atoms with Gasteiger partial charge in [-0.05, 0) is 58.5 Å². The quantitative estimate of drug-likeness (QED) is 0.0468. The Bertz CT molecular complexity index is 625. The number of hydrogen-bond donors (Lipinski definition) is 0. The average molecular weight is 699 g/mol. The highest BCUT2D eigenvalue weighted by atomic mass is 32.2. The van der Waals surface area contributed by atoms with Gasteiger partial charge in [-0.3, -0.25) is 9.59 Å². The van der Waals surface area contributed by atoms with Crippen LogP contribution in [0.2, 0.25) is 0 Å². The van der Waals surface area contributed by atoms with E-state index in [0.717, 1.165) is 70.5 Å². The molecule has 0 rings (SSSR count). The normalized spacial score (nSPS) is 11.5. The predicted octanol–water partition coefficient (Wildman–Crippen LogP) is 11.2. The van der Waals surface area contributed by atoms with Gasteiger partial charge in [0, 0.05) is 38.2 Å². The zero-order valence-electron chi connectivity index (χ0n) is 32.7. The number of thioether (sulfide) groups is 1. The van der Waals surface area contributed by atoms with Crippen LogP contribution in [0.5, 0.6) is 0 Å². The molecular weight excluding hydrogens is 617 g/mol. The van der Waals surface area contributed by atoms with Crippen LogP contribution in [0.25, 0.3) is 0 Å². The van der Waals surface area contributed by atoms with Crippen LogP contribution < -0.4 is 0 Å². The van der Waals surface area contributed by atoms with Crippen molar-refractivity contribution < 1.29 is 19.1 Å². The molecule has 0 saturated heterocycles. The summed E-state index contributed by atoms with van der Waals surface area (Å²) in [7, 11) is 4.32. The summed E-state index contributed by atoms with van der Waals surface area (Å²) in [4.78, 5) is 28.7. The van der Waals surface area contributed by atoms with Gasteiger partial charge in [0.2, 0.25) is 0 Å². The van der Waals surface area contributed by atoms with Crippen LogP contribution >= 0.6 is 11.8 Å². The molecule has 0 aliphatic heterocycles. The lowest BCUT2D eigenvalue weighted by Gasteiger charge is -2.17. The highest BCUT2D eigenvalue weighted by Gasteiger charge is 2.06. The maximum absolute atomic E-state index is 12.0. The molecule has 6 nitrogen and oxygen atoms in total. The van der Waals surface area contributed by atoms with Gasteiger partial charge in [-0.2, -0.15) is 11.8 Å². The molecule has 48 heavy (non-hydrogen) atoms. The van der Waals surface area contributed by atoms with Crippen LogP contribution in [0.4, 0.5) is 0 Å². The number of ether oxygens (including phenoxy) is 2. The van der Waals surface area contributed by atoms with Crippen LogP contribution in [0.3, 0.4) is 0 Å². The van der Waals surface area contributed by atoms with Crippen LogP contribution in [-0.2, 0) is 19.1 Å². The van der Waals surface area contributed by atoms with Crippen molar-refractivity contribution in [3.05, 3.63) is 0 Å². The molecule has 0 unspecified atom stereocenters. The van der Waals surface area contributed by atoms with E-state index in [-0.39, 0.29) is 11.9 Å². The van der Waals surface area contributed by atoms with Gasteiger partial charge in [-0.1, -0.05) is 142 Å². The van der Waals surface area contributed by atoms with Crippen molar-refractivity contribution in [2.75, 3.05) is 65.0 Å². The molecule has 0 aromatic rings. The van der Waals surface area contributed by atoms with E-state index in [1.165, 1.54) is 128 Å². The fourth-order valence-electron chi connectivity index (χ4n) is 6.03. The first-order valence-corrected chi connectivity index (χ1v) is 21.9. The summed E-state index contributed by atoms with van der Waals surface area (Å²) < 4.78 is 10.9. The summed E-state index contributed by atoms with van der Waals surface area (Å²) in [5.41, 5.74) is 0. The first-order chi connectivity index (χ1) is 23.5. The minimum absolute atomic E-state index is 0.0224. The number of esters is 2. The molecule has 0 N–H and O–H groups in total. The van der Waals surface area contributed by atoms with E-state index in [4.69, 9.17) is 9.47 Å². The van der Waals surface area contributed by atoms with Gasteiger partial charge in [0.15, 0.2) is 0 Å². The van der Waals surface area contributed by atoms with E-state index in [2.05, 4.69) is 37.7 Å². The standard InChI is InChI=1S/C41H82N2O4S/c1-5-7-9-11-13-15-17-19-21-23-25-30-40(44)46-36-27-32-42(3)34-29-38-48-39-35-43(4)33-28-37-47-41(45)31-26-24-22-20-18-16-14-12-10-8-6-2/h5-39H2,1-4H3. The second-order valence-electron chi connectivity index (χ2n) is 14.3. The molecule has 0 aromatic carbocycles. The van der Waals surface area contributed by atoms with Crippen molar-refractivity contribution in [3.8, 4) is 0 Å². The zero-order valence-corrected chi connectivity index (χ0v) is 33.5. The summed E-state index contributed by atoms with van der Waals surface area (Å²) in [6, 6.07) is 0. The molecule has 0 heterocycles. The molecule has 7 heteroatoms. The summed E-state index contributed by atoms with van der Waals surface area (Å²) in [5.74, 6) is 2.26. The fraction of sp³-hybridized carbons (Fsp3) is 0.951. The lowest BCUT2D eigenvalue weighted by atomic mass is 10.1.